The molecule has 8 heteroatoms. The number of allylic oxidation sites excluding steroid dienone is 3. The van der Waals surface area contributed by atoms with Crippen LogP contribution in [0.4, 0.5) is 5.69 Å². The molecule has 0 fully saturated rings. The predicted octanol–water partition coefficient (Wildman–Crippen LogP) is 3.43. The van der Waals surface area contributed by atoms with Crippen LogP contribution in [-0.4, -0.2) is 27.4 Å². The zero-order valence-electron chi connectivity index (χ0n) is 18.4. The number of benzene rings is 1. The normalized spacial score (nSPS) is 15.4. The van der Waals surface area contributed by atoms with Crippen LogP contribution in [0.5, 0.6) is 0 Å². The van der Waals surface area contributed by atoms with Gasteiger partial charge in [-0.1, -0.05) is 26.0 Å². The van der Waals surface area contributed by atoms with E-state index in [9.17, 15) is 4.79 Å². The highest BCUT2D eigenvalue weighted by Gasteiger charge is 2.18. The first-order valence-corrected chi connectivity index (χ1v) is 10.9. The number of carbonyl (C=O) groups excluding carboxylic acids is 1. The van der Waals surface area contributed by atoms with Gasteiger partial charge in [-0.2, -0.15) is 0 Å². The molecule has 33 heavy (non-hydrogen) atoms. The number of aromatic amines is 1. The SMILES string of the molecule is CC(C)C(=O)NC1=CC(c2ccc3c(c2)C(c2nc4ccncc4[nH]2)=CCNN3)=CNC=C1. The zero-order chi connectivity index (χ0) is 22.8. The summed E-state index contributed by atoms with van der Waals surface area (Å²) in [5.74, 6) is 0.673. The largest absolute Gasteiger partial charge is 0.367 e. The zero-order valence-corrected chi connectivity index (χ0v) is 18.4. The summed E-state index contributed by atoms with van der Waals surface area (Å²) < 4.78 is 0. The van der Waals surface area contributed by atoms with Gasteiger partial charge in [-0.25, -0.2) is 10.4 Å². The van der Waals surface area contributed by atoms with Gasteiger partial charge in [-0.3, -0.25) is 9.78 Å². The van der Waals surface area contributed by atoms with Gasteiger partial charge in [0.25, 0.3) is 0 Å². The Morgan fingerprint density at radius 3 is 2.97 bits per heavy atom. The van der Waals surface area contributed by atoms with E-state index in [0.717, 1.165) is 50.5 Å². The second-order valence-corrected chi connectivity index (χ2v) is 8.21. The Bertz CT molecular complexity index is 1310. The van der Waals surface area contributed by atoms with Gasteiger partial charge in [0, 0.05) is 47.9 Å². The summed E-state index contributed by atoms with van der Waals surface area (Å²) in [6.07, 6.45) is 13.2. The molecule has 0 saturated carbocycles. The first-order chi connectivity index (χ1) is 16.1. The molecule has 4 heterocycles. The van der Waals surface area contributed by atoms with Crippen molar-refractivity contribution in [3.05, 3.63) is 89.9 Å². The highest BCUT2D eigenvalue weighted by molar-refractivity contribution is 5.90. The number of fused-ring (bicyclic) bond motifs is 2. The maximum absolute atomic E-state index is 12.2. The minimum atomic E-state index is -0.0966. The average molecular weight is 440 g/mol. The Balaban J connectivity index is 1.54. The number of rotatable bonds is 4. The molecule has 0 atom stereocenters. The average Bonchev–Trinajstić information content (AvgIpc) is 2.96. The number of pyridine rings is 1. The van der Waals surface area contributed by atoms with Crippen LogP contribution in [0.25, 0.3) is 22.2 Å². The molecular formula is C25H25N7O. The van der Waals surface area contributed by atoms with Crippen molar-refractivity contribution in [2.24, 2.45) is 5.92 Å². The molecular weight excluding hydrogens is 414 g/mol. The summed E-state index contributed by atoms with van der Waals surface area (Å²) in [5.41, 5.74) is 13.9. The highest BCUT2D eigenvalue weighted by Crippen LogP contribution is 2.33. The van der Waals surface area contributed by atoms with Crippen molar-refractivity contribution in [3.63, 3.8) is 0 Å². The Hall–Kier alpha value is -4.17. The van der Waals surface area contributed by atoms with Crippen molar-refractivity contribution < 1.29 is 4.79 Å². The van der Waals surface area contributed by atoms with E-state index >= 15 is 0 Å². The lowest BCUT2D eigenvalue weighted by Crippen LogP contribution is -2.26. The lowest BCUT2D eigenvalue weighted by atomic mass is 9.96. The van der Waals surface area contributed by atoms with Crippen LogP contribution in [0.15, 0.2) is 73.0 Å². The van der Waals surface area contributed by atoms with Gasteiger partial charge in [-0.05, 0) is 41.5 Å². The summed E-state index contributed by atoms with van der Waals surface area (Å²) in [5, 5.41) is 6.15. The molecule has 8 nitrogen and oxygen atoms in total. The first-order valence-electron chi connectivity index (χ1n) is 10.9. The summed E-state index contributed by atoms with van der Waals surface area (Å²) in [4.78, 5) is 24.6. The van der Waals surface area contributed by atoms with Crippen LogP contribution in [-0.2, 0) is 4.79 Å². The van der Waals surface area contributed by atoms with E-state index in [1.807, 2.05) is 50.5 Å². The molecule has 0 bridgehead atoms. The molecule has 0 spiro atoms. The number of carbonyl (C=O) groups is 1. The molecule has 0 radical (unpaired) electrons. The molecule has 0 unspecified atom stereocenters. The molecule has 1 amide bonds. The predicted molar refractivity (Wildman–Crippen MR) is 130 cm³/mol. The molecule has 2 aliphatic rings. The third kappa shape index (κ3) is 4.28. The molecule has 0 saturated heterocycles. The smallest absolute Gasteiger partial charge is 0.226 e. The van der Waals surface area contributed by atoms with Gasteiger partial charge in [0.2, 0.25) is 5.91 Å². The van der Waals surface area contributed by atoms with Gasteiger partial charge in [0.05, 0.1) is 22.9 Å². The molecule has 1 aromatic carbocycles. The van der Waals surface area contributed by atoms with Crippen LogP contribution in [0, 0.1) is 5.92 Å². The quantitative estimate of drug-likeness (QED) is 0.426. The summed E-state index contributed by atoms with van der Waals surface area (Å²) in [6, 6.07) is 8.12. The topological polar surface area (TPSA) is 107 Å². The third-order valence-electron chi connectivity index (χ3n) is 5.51. The second-order valence-electron chi connectivity index (χ2n) is 8.21. The van der Waals surface area contributed by atoms with E-state index in [1.165, 1.54) is 0 Å². The summed E-state index contributed by atoms with van der Waals surface area (Å²) in [7, 11) is 0. The number of H-pyrrole nitrogens is 1. The van der Waals surface area contributed by atoms with Gasteiger partial charge in [0.1, 0.15) is 5.82 Å². The molecule has 166 valence electrons. The van der Waals surface area contributed by atoms with Crippen LogP contribution in [0.3, 0.4) is 0 Å². The Labute approximate surface area is 191 Å². The fraction of sp³-hybridized carbons (Fsp3) is 0.160. The molecule has 3 aromatic rings. The van der Waals surface area contributed by atoms with Crippen LogP contribution >= 0.6 is 0 Å². The van der Waals surface area contributed by atoms with Crippen molar-refractivity contribution in [3.8, 4) is 0 Å². The summed E-state index contributed by atoms with van der Waals surface area (Å²) >= 11 is 0. The molecule has 5 N–H and O–H groups in total. The van der Waals surface area contributed by atoms with Crippen molar-refractivity contribution >= 4 is 33.8 Å². The molecule has 2 aliphatic heterocycles. The summed E-state index contributed by atoms with van der Waals surface area (Å²) in [6.45, 7) is 4.40. The standard InChI is InChI=1S/C25H25N7O/c1-15(2)25(33)29-18-5-8-26-13-17(11-18)16-3-4-21-20(12-16)19(6-10-28-32-21)24-30-22-7-9-27-14-23(22)31-24/h3-9,11-15,26,28,32H,10H2,1-2H3,(H,29,33)(H,30,31). The number of nitrogens with zero attached hydrogens (tertiary/aromatic N) is 2. The lowest BCUT2D eigenvalue weighted by Gasteiger charge is -2.14. The fourth-order valence-electron chi connectivity index (χ4n) is 3.74. The van der Waals surface area contributed by atoms with Crippen LogP contribution in [0.2, 0.25) is 0 Å². The maximum Gasteiger partial charge on any atom is 0.226 e. The number of imidazole rings is 1. The fourth-order valence-corrected chi connectivity index (χ4v) is 3.74. The number of nitrogens with one attached hydrogen (secondary N) is 5. The van der Waals surface area contributed by atoms with Gasteiger partial charge in [0.15, 0.2) is 0 Å². The van der Waals surface area contributed by atoms with E-state index in [1.54, 1.807) is 12.4 Å². The molecule has 5 rings (SSSR count). The van der Waals surface area contributed by atoms with Gasteiger partial charge >= 0.3 is 0 Å². The second kappa shape index (κ2) is 8.76. The number of hydrogen-bond acceptors (Lipinski definition) is 6. The van der Waals surface area contributed by atoms with Gasteiger partial charge in [-0.15, -0.1) is 0 Å². The van der Waals surface area contributed by atoms with Crippen molar-refractivity contribution in [2.75, 3.05) is 12.0 Å². The van der Waals surface area contributed by atoms with Crippen LogP contribution < -0.4 is 21.5 Å². The van der Waals surface area contributed by atoms with Gasteiger partial charge < -0.3 is 21.0 Å². The Kier molecular flexibility index (Phi) is 5.50. The number of hydrogen-bond donors (Lipinski definition) is 5. The number of amides is 1. The van der Waals surface area contributed by atoms with Crippen molar-refractivity contribution in [1.82, 2.24) is 31.0 Å². The van der Waals surface area contributed by atoms with Crippen LogP contribution in [0.1, 0.15) is 30.8 Å². The van der Waals surface area contributed by atoms with Crippen molar-refractivity contribution in [1.29, 1.82) is 0 Å². The Morgan fingerprint density at radius 1 is 1.21 bits per heavy atom. The highest BCUT2D eigenvalue weighted by atomic mass is 16.1. The minimum Gasteiger partial charge on any atom is -0.367 e. The van der Waals surface area contributed by atoms with E-state index in [2.05, 4.69) is 49.7 Å². The van der Waals surface area contributed by atoms with E-state index in [4.69, 9.17) is 4.98 Å². The van der Waals surface area contributed by atoms with E-state index < -0.39 is 0 Å². The monoisotopic (exact) mass is 439 g/mol. The van der Waals surface area contributed by atoms with E-state index in [-0.39, 0.29) is 11.8 Å². The lowest BCUT2D eigenvalue weighted by molar-refractivity contribution is -0.123. The third-order valence-corrected chi connectivity index (χ3v) is 5.51. The van der Waals surface area contributed by atoms with E-state index in [0.29, 0.717) is 6.54 Å². The number of aromatic nitrogens is 3. The number of hydrazine groups is 1. The first kappa shape index (κ1) is 20.7. The minimum absolute atomic E-state index is 0.0195. The maximum atomic E-state index is 12.2. The Morgan fingerprint density at radius 2 is 2.12 bits per heavy atom. The molecule has 0 aliphatic carbocycles. The molecule has 2 aromatic heterocycles. The number of anilines is 1. The van der Waals surface area contributed by atoms with Crippen molar-refractivity contribution in [2.45, 2.75) is 13.8 Å².